The average molecular weight is 473 g/mol. The van der Waals surface area contributed by atoms with Crippen molar-refractivity contribution in [2.45, 2.75) is 13.8 Å². The van der Waals surface area contributed by atoms with Crippen LogP contribution in [0.1, 0.15) is 11.1 Å². The van der Waals surface area contributed by atoms with Crippen molar-refractivity contribution in [2.75, 3.05) is 42.8 Å². The van der Waals surface area contributed by atoms with Crippen LogP contribution in [0.4, 0.5) is 11.6 Å². The molecule has 2 aromatic carbocycles. The van der Waals surface area contributed by atoms with E-state index in [0.29, 0.717) is 23.1 Å². The van der Waals surface area contributed by atoms with Crippen molar-refractivity contribution >= 4 is 22.7 Å². The number of nitrogens with one attached hydrogen (secondary N) is 1. The van der Waals surface area contributed by atoms with Gasteiger partial charge in [-0.15, -0.1) is 0 Å². The van der Waals surface area contributed by atoms with E-state index in [0.717, 1.165) is 30.7 Å². The number of fused-ring (bicyclic) bond motifs is 2. The molecule has 0 saturated carbocycles. The van der Waals surface area contributed by atoms with Gasteiger partial charge in [0.2, 0.25) is 12.7 Å². The van der Waals surface area contributed by atoms with E-state index >= 15 is 0 Å². The van der Waals surface area contributed by atoms with Crippen molar-refractivity contribution in [1.29, 1.82) is 0 Å². The molecule has 10 heteroatoms. The number of H-pyrrole nitrogens is 1. The Morgan fingerprint density at radius 2 is 1.69 bits per heavy atom. The summed E-state index contributed by atoms with van der Waals surface area (Å²) >= 11 is 0. The van der Waals surface area contributed by atoms with Crippen molar-refractivity contribution < 1.29 is 9.47 Å². The molecule has 2 aliphatic heterocycles. The Morgan fingerprint density at radius 1 is 0.914 bits per heavy atom. The second-order valence-electron chi connectivity index (χ2n) is 8.80. The van der Waals surface area contributed by atoms with Gasteiger partial charge in [-0.2, -0.15) is 4.98 Å². The highest BCUT2D eigenvalue weighted by atomic mass is 16.7. The van der Waals surface area contributed by atoms with Gasteiger partial charge < -0.3 is 19.3 Å². The third-order valence-electron chi connectivity index (χ3n) is 6.52. The Labute approximate surface area is 200 Å². The van der Waals surface area contributed by atoms with Crippen molar-refractivity contribution in [1.82, 2.24) is 19.5 Å². The predicted octanol–water partition coefficient (Wildman–Crippen LogP) is 2.14. The fourth-order valence-electron chi connectivity index (χ4n) is 4.61. The van der Waals surface area contributed by atoms with Crippen LogP contribution in [-0.4, -0.2) is 52.5 Å². The second kappa shape index (κ2) is 8.15. The van der Waals surface area contributed by atoms with Gasteiger partial charge in [0.05, 0.1) is 5.69 Å². The molecule has 4 aromatic rings. The first-order valence-electron chi connectivity index (χ1n) is 11.5. The Kier molecular flexibility index (Phi) is 4.94. The SMILES string of the molecule is Cc1ccc(C)c(N2CCN(c3ncc4c(=O)n(-c5ccc6c(c5)OCO6)c(=O)[nH]c4n3)CC2)c1. The molecule has 4 heterocycles. The summed E-state index contributed by atoms with van der Waals surface area (Å²) in [6, 6.07) is 11.4. The number of nitrogens with zero attached hydrogens (tertiary/aromatic N) is 5. The normalized spacial score (nSPS) is 15.1. The first-order chi connectivity index (χ1) is 17.0. The molecule has 10 nitrogen and oxygen atoms in total. The minimum atomic E-state index is -0.578. The van der Waals surface area contributed by atoms with Gasteiger partial charge in [-0.05, 0) is 43.2 Å². The Balaban J connectivity index is 1.28. The van der Waals surface area contributed by atoms with E-state index in [1.165, 1.54) is 23.0 Å². The van der Waals surface area contributed by atoms with Crippen LogP contribution in [0.15, 0.2) is 52.2 Å². The molecule has 6 rings (SSSR count). The summed E-state index contributed by atoms with van der Waals surface area (Å²) in [7, 11) is 0. The highest BCUT2D eigenvalue weighted by Crippen LogP contribution is 2.33. The molecule has 35 heavy (non-hydrogen) atoms. The molecule has 0 unspecified atom stereocenters. The van der Waals surface area contributed by atoms with Crippen LogP contribution in [0.5, 0.6) is 11.5 Å². The van der Waals surface area contributed by atoms with Crippen LogP contribution >= 0.6 is 0 Å². The zero-order chi connectivity index (χ0) is 24.1. The van der Waals surface area contributed by atoms with E-state index in [2.05, 4.69) is 56.8 Å². The smallest absolute Gasteiger partial charge is 0.334 e. The molecule has 0 spiro atoms. The molecule has 2 aliphatic rings. The van der Waals surface area contributed by atoms with Gasteiger partial charge >= 0.3 is 5.69 Å². The van der Waals surface area contributed by atoms with Crippen molar-refractivity contribution in [3.8, 4) is 17.2 Å². The minimum absolute atomic E-state index is 0.108. The second-order valence-corrected chi connectivity index (χ2v) is 8.80. The number of rotatable bonds is 3. The van der Waals surface area contributed by atoms with Crippen LogP contribution in [-0.2, 0) is 0 Å². The summed E-state index contributed by atoms with van der Waals surface area (Å²) in [6.45, 7) is 7.46. The van der Waals surface area contributed by atoms with Gasteiger partial charge in [0.25, 0.3) is 5.56 Å². The minimum Gasteiger partial charge on any atom is -0.454 e. The highest BCUT2D eigenvalue weighted by molar-refractivity contribution is 5.74. The van der Waals surface area contributed by atoms with Crippen molar-refractivity contribution in [3.05, 3.63) is 74.6 Å². The molecule has 1 N–H and O–H groups in total. The number of aromatic nitrogens is 4. The zero-order valence-corrected chi connectivity index (χ0v) is 19.4. The predicted molar refractivity (Wildman–Crippen MR) is 132 cm³/mol. The maximum Gasteiger partial charge on any atom is 0.334 e. The van der Waals surface area contributed by atoms with Crippen LogP contribution in [0.25, 0.3) is 16.7 Å². The summed E-state index contributed by atoms with van der Waals surface area (Å²) in [5, 5.41) is 0.236. The average Bonchev–Trinajstić information content (AvgIpc) is 3.33. The number of aryl methyl sites for hydroxylation is 2. The number of hydrogen-bond donors (Lipinski definition) is 1. The number of aromatic amines is 1. The van der Waals surface area contributed by atoms with Crippen LogP contribution in [0.2, 0.25) is 0 Å². The fraction of sp³-hybridized carbons (Fsp3) is 0.280. The van der Waals surface area contributed by atoms with Crippen LogP contribution in [0, 0.1) is 13.8 Å². The van der Waals surface area contributed by atoms with E-state index in [9.17, 15) is 9.59 Å². The monoisotopic (exact) mass is 472 g/mol. The lowest BCUT2D eigenvalue weighted by Gasteiger charge is -2.37. The quantitative estimate of drug-likeness (QED) is 0.484. The Bertz CT molecular complexity index is 1570. The Morgan fingerprint density at radius 3 is 2.51 bits per heavy atom. The zero-order valence-electron chi connectivity index (χ0n) is 19.4. The van der Waals surface area contributed by atoms with Gasteiger partial charge in [0.1, 0.15) is 5.39 Å². The van der Waals surface area contributed by atoms with Gasteiger partial charge in [-0.25, -0.2) is 14.3 Å². The van der Waals surface area contributed by atoms with Crippen molar-refractivity contribution in [2.24, 2.45) is 0 Å². The van der Waals surface area contributed by atoms with Gasteiger partial charge in [0.15, 0.2) is 17.1 Å². The van der Waals surface area contributed by atoms with E-state index < -0.39 is 11.2 Å². The standard InChI is InChI=1S/C25H24N6O4/c1-15-3-4-16(2)19(11-15)29-7-9-30(10-8-29)24-26-13-18-22(27-24)28-25(33)31(23(18)32)17-5-6-20-21(12-17)35-14-34-20/h3-6,11-13H,7-10,14H2,1-2H3,(H,26,27,28,33). The lowest BCUT2D eigenvalue weighted by molar-refractivity contribution is 0.174. The molecular formula is C25H24N6O4. The number of ether oxygens (including phenoxy) is 2. The number of benzene rings is 2. The third-order valence-corrected chi connectivity index (χ3v) is 6.52. The van der Waals surface area contributed by atoms with E-state index in [1.807, 2.05) is 0 Å². The fourth-order valence-corrected chi connectivity index (χ4v) is 4.61. The van der Waals surface area contributed by atoms with Crippen LogP contribution in [0.3, 0.4) is 0 Å². The van der Waals surface area contributed by atoms with Crippen LogP contribution < -0.4 is 30.5 Å². The number of piperazine rings is 1. The molecule has 0 radical (unpaired) electrons. The molecule has 0 aliphatic carbocycles. The van der Waals surface area contributed by atoms with Gasteiger partial charge in [-0.1, -0.05) is 12.1 Å². The molecule has 0 atom stereocenters. The largest absolute Gasteiger partial charge is 0.454 e. The molecule has 1 fully saturated rings. The van der Waals surface area contributed by atoms with E-state index in [-0.39, 0.29) is 17.8 Å². The summed E-state index contributed by atoms with van der Waals surface area (Å²) in [5.41, 5.74) is 3.27. The molecule has 0 amide bonds. The third kappa shape index (κ3) is 3.67. The van der Waals surface area contributed by atoms with E-state index in [4.69, 9.17) is 9.47 Å². The molecule has 178 valence electrons. The summed E-state index contributed by atoms with van der Waals surface area (Å²) in [4.78, 5) is 42.2. The summed E-state index contributed by atoms with van der Waals surface area (Å²) in [6.07, 6.45) is 1.48. The number of hydrogen-bond acceptors (Lipinski definition) is 8. The highest BCUT2D eigenvalue weighted by Gasteiger charge is 2.22. The number of anilines is 2. The molecule has 0 bridgehead atoms. The molecule has 2 aromatic heterocycles. The summed E-state index contributed by atoms with van der Waals surface area (Å²) in [5.74, 6) is 1.55. The van der Waals surface area contributed by atoms with Gasteiger partial charge in [0, 0.05) is 44.1 Å². The molecular weight excluding hydrogens is 448 g/mol. The maximum atomic E-state index is 13.2. The molecule has 1 saturated heterocycles. The summed E-state index contributed by atoms with van der Waals surface area (Å²) < 4.78 is 11.7. The van der Waals surface area contributed by atoms with Gasteiger partial charge in [-0.3, -0.25) is 9.78 Å². The Hall–Kier alpha value is -4.34. The lowest BCUT2D eigenvalue weighted by Crippen LogP contribution is -2.47. The first-order valence-corrected chi connectivity index (χ1v) is 11.5. The lowest BCUT2D eigenvalue weighted by atomic mass is 10.1. The maximum absolute atomic E-state index is 13.2. The van der Waals surface area contributed by atoms with Crippen molar-refractivity contribution in [3.63, 3.8) is 0 Å². The first kappa shape index (κ1) is 21.2. The topological polar surface area (TPSA) is 106 Å². The van der Waals surface area contributed by atoms with E-state index in [1.54, 1.807) is 18.2 Å².